The summed E-state index contributed by atoms with van der Waals surface area (Å²) in [6.07, 6.45) is 1.31. The lowest BCUT2D eigenvalue weighted by molar-refractivity contribution is 0.104. The molecule has 0 radical (unpaired) electrons. The second-order valence-electron chi connectivity index (χ2n) is 2.71. The van der Waals surface area contributed by atoms with Crippen molar-refractivity contribution in [3.05, 3.63) is 41.7 Å². The standard InChI is InChI=1S/C10H11NO/c1-4-10(12)9-5-7(2)11-8(3)6-9/h4-6H,1H2,2-3H3. The normalized spacial score (nSPS) is 9.50. The summed E-state index contributed by atoms with van der Waals surface area (Å²) in [6, 6.07) is 3.52. The monoisotopic (exact) mass is 161 g/mol. The highest BCUT2D eigenvalue weighted by atomic mass is 16.1. The largest absolute Gasteiger partial charge is 0.289 e. The number of aryl methyl sites for hydroxylation is 2. The maximum atomic E-state index is 11.2. The number of ketones is 1. The molecule has 0 aliphatic carbocycles. The second-order valence-corrected chi connectivity index (χ2v) is 2.71. The topological polar surface area (TPSA) is 30.0 Å². The van der Waals surface area contributed by atoms with Crippen molar-refractivity contribution in [3.63, 3.8) is 0 Å². The van der Waals surface area contributed by atoms with Crippen molar-refractivity contribution in [2.75, 3.05) is 0 Å². The fraction of sp³-hybridized carbons (Fsp3) is 0.200. The smallest absolute Gasteiger partial charge is 0.185 e. The van der Waals surface area contributed by atoms with Gasteiger partial charge in [-0.2, -0.15) is 0 Å². The minimum absolute atomic E-state index is 0.0522. The Labute approximate surface area is 71.9 Å². The molecule has 0 N–H and O–H groups in total. The Morgan fingerprint density at radius 3 is 2.33 bits per heavy atom. The number of nitrogens with zero attached hydrogens (tertiary/aromatic N) is 1. The lowest BCUT2D eigenvalue weighted by Crippen LogP contribution is -1.97. The van der Waals surface area contributed by atoms with Crippen molar-refractivity contribution in [2.24, 2.45) is 0 Å². The van der Waals surface area contributed by atoms with E-state index in [2.05, 4.69) is 11.6 Å². The van der Waals surface area contributed by atoms with E-state index in [1.807, 2.05) is 13.8 Å². The van der Waals surface area contributed by atoms with E-state index in [1.165, 1.54) is 6.08 Å². The number of allylic oxidation sites excluding steroid dienone is 1. The lowest BCUT2D eigenvalue weighted by Gasteiger charge is -1.99. The average Bonchev–Trinajstić information content (AvgIpc) is 2.01. The third-order valence-electron chi connectivity index (χ3n) is 1.55. The van der Waals surface area contributed by atoms with Gasteiger partial charge in [0, 0.05) is 17.0 Å². The van der Waals surface area contributed by atoms with Crippen LogP contribution in [-0.2, 0) is 0 Å². The highest BCUT2D eigenvalue weighted by Crippen LogP contribution is 2.05. The van der Waals surface area contributed by atoms with Gasteiger partial charge in [0.2, 0.25) is 0 Å². The third kappa shape index (κ3) is 1.78. The molecule has 12 heavy (non-hydrogen) atoms. The molecule has 1 rings (SSSR count). The summed E-state index contributed by atoms with van der Waals surface area (Å²) >= 11 is 0. The second kappa shape index (κ2) is 3.30. The molecule has 2 heteroatoms. The van der Waals surface area contributed by atoms with E-state index in [0.29, 0.717) is 5.56 Å². The van der Waals surface area contributed by atoms with E-state index in [1.54, 1.807) is 12.1 Å². The van der Waals surface area contributed by atoms with Crippen LogP contribution >= 0.6 is 0 Å². The summed E-state index contributed by atoms with van der Waals surface area (Å²) in [5, 5.41) is 0. The molecule has 0 aliphatic heterocycles. The molecule has 0 bridgehead atoms. The molecule has 0 aromatic carbocycles. The van der Waals surface area contributed by atoms with Gasteiger partial charge >= 0.3 is 0 Å². The summed E-state index contributed by atoms with van der Waals surface area (Å²) in [5.41, 5.74) is 2.38. The first-order valence-electron chi connectivity index (χ1n) is 3.75. The molecule has 0 aliphatic rings. The third-order valence-corrected chi connectivity index (χ3v) is 1.55. The molecule has 0 spiro atoms. The van der Waals surface area contributed by atoms with Crippen molar-refractivity contribution in [1.29, 1.82) is 0 Å². The van der Waals surface area contributed by atoms with Gasteiger partial charge in [-0.25, -0.2) is 0 Å². The van der Waals surface area contributed by atoms with Gasteiger partial charge in [0.05, 0.1) is 0 Å². The quantitative estimate of drug-likeness (QED) is 0.491. The molecule has 0 fully saturated rings. The van der Waals surface area contributed by atoms with Crippen LogP contribution in [-0.4, -0.2) is 10.8 Å². The zero-order valence-corrected chi connectivity index (χ0v) is 7.29. The molecule has 62 valence electrons. The van der Waals surface area contributed by atoms with Crippen molar-refractivity contribution >= 4 is 5.78 Å². The maximum absolute atomic E-state index is 11.2. The number of carbonyl (C=O) groups is 1. The van der Waals surface area contributed by atoms with Crippen LogP contribution in [0.5, 0.6) is 0 Å². The molecule has 1 aromatic heterocycles. The highest BCUT2D eigenvalue weighted by Gasteiger charge is 2.02. The fourth-order valence-corrected chi connectivity index (χ4v) is 1.09. The van der Waals surface area contributed by atoms with Crippen LogP contribution in [0.3, 0.4) is 0 Å². The van der Waals surface area contributed by atoms with Crippen LogP contribution in [0, 0.1) is 13.8 Å². The average molecular weight is 161 g/mol. The Kier molecular flexibility index (Phi) is 2.38. The zero-order valence-electron chi connectivity index (χ0n) is 7.29. The van der Waals surface area contributed by atoms with Gasteiger partial charge in [-0.15, -0.1) is 0 Å². The molecule has 0 amide bonds. The summed E-state index contributed by atoms with van der Waals surface area (Å²) < 4.78 is 0. The number of hydrogen-bond acceptors (Lipinski definition) is 2. The van der Waals surface area contributed by atoms with Gasteiger partial charge in [0.15, 0.2) is 5.78 Å². The lowest BCUT2D eigenvalue weighted by atomic mass is 10.1. The van der Waals surface area contributed by atoms with E-state index in [4.69, 9.17) is 0 Å². The Bertz CT molecular complexity index is 308. The zero-order chi connectivity index (χ0) is 9.14. The van der Waals surface area contributed by atoms with Gasteiger partial charge in [0.1, 0.15) is 0 Å². The van der Waals surface area contributed by atoms with Crippen molar-refractivity contribution in [1.82, 2.24) is 4.98 Å². The summed E-state index contributed by atoms with van der Waals surface area (Å²) in [5.74, 6) is -0.0522. The van der Waals surface area contributed by atoms with Gasteiger partial charge < -0.3 is 0 Å². The Balaban J connectivity index is 3.17. The first-order valence-corrected chi connectivity index (χ1v) is 3.75. The van der Waals surface area contributed by atoms with Crippen molar-refractivity contribution < 1.29 is 4.79 Å². The van der Waals surface area contributed by atoms with Gasteiger partial charge in [-0.3, -0.25) is 9.78 Å². The van der Waals surface area contributed by atoms with Crippen LogP contribution < -0.4 is 0 Å². The van der Waals surface area contributed by atoms with E-state index in [0.717, 1.165) is 11.4 Å². The van der Waals surface area contributed by atoms with Crippen LogP contribution in [0.15, 0.2) is 24.8 Å². The van der Waals surface area contributed by atoms with Crippen molar-refractivity contribution in [2.45, 2.75) is 13.8 Å². The van der Waals surface area contributed by atoms with Gasteiger partial charge in [-0.05, 0) is 32.1 Å². The summed E-state index contributed by atoms with van der Waals surface area (Å²) in [7, 11) is 0. The van der Waals surface area contributed by atoms with E-state index in [-0.39, 0.29) is 5.78 Å². The molecule has 0 atom stereocenters. The van der Waals surface area contributed by atoms with Crippen LogP contribution in [0.4, 0.5) is 0 Å². The number of carbonyl (C=O) groups excluding carboxylic acids is 1. The Hall–Kier alpha value is -1.44. The predicted octanol–water partition coefficient (Wildman–Crippen LogP) is 2.07. The molecule has 0 saturated carbocycles. The van der Waals surface area contributed by atoms with Crippen LogP contribution in [0.2, 0.25) is 0 Å². The summed E-state index contributed by atoms with van der Waals surface area (Å²) in [4.78, 5) is 15.3. The number of pyridine rings is 1. The molecule has 1 aromatic rings. The number of rotatable bonds is 2. The highest BCUT2D eigenvalue weighted by molar-refractivity contribution is 6.04. The molecule has 2 nitrogen and oxygen atoms in total. The van der Waals surface area contributed by atoms with E-state index >= 15 is 0 Å². The van der Waals surface area contributed by atoms with E-state index in [9.17, 15) is 4.79 Å². The minimum Gasteiger partial charge on any atom is -0.289 e. The van der Waals surface area contributed by atoms with Crippen molar-refractivity contribution in [3.8, 4) is 0 Å². The SMILES string of the molecule is C=CC(=O)c1cc(C)nc(C)c1. The number of aromatic nitrogens is 1. The Morgan fingerprint density at radius 2 is 1.92 bits per heavy atom. The van der Waals surface area contributed by atoms with Crippen LogP contribution in [0.25, 0.3) is 0 Å². The van der Waals surface area contributed by atoms with E-state index < -0.39 is 0 Å². The molecular formula is C10H11NO. The van der Waals surface area contributed by atoms with Crippen LogP contribution in [0.1, 0.15) is 21.7 Å². The minimum atomic E-state index is -0.0522. The van der Waals surface area contributed by atoms with Gasteiger partial charge in [-0.1, -0.05) is 6.58 Å². The molecular weight excluding hydrogens is 150 g/mol. The molecule has 0 unspecified atom stereocenters. The number of hydrogen-bond donors (Lipinski definition) is 0. The first kappa shape index (κ1) is 8.65. The molecule has 1 heterocycles. The van der Waals surface area contributed by atoms with Gasteiger partial charge in [0.25, 0.3) is 0 Å². The first-order chi connectivity index (χ1) is 5.63. The summed E-state index contributed by atoms with van der Waals surface area (Å²) in [6.45, 7) is 7.16. The maximum Gasteiger partial charge on any atom is 0.185 e. The predicted molar refractivity (Wildman–Crippen MR) is 48.2 cm³/mol. The Morgan fingerprint density at radius 1 is 1.42 bits per heavy atom. The fourth-order valence-electron chi connectivity index (χ4n) is 1.09. The molecule has 0 saturated heterocycles.